The van der Waals surface area contributed by atoms with E-state index in [1.807, 2.05) is 0 Å². The summed E-state index contributed by atoms with van der Waals surface area (Å²) in [5, 5.41) is 10.7. The molecule has 1 rings (SSSR count). The summed E-state index contributed by atoms with van der Waals surface area (Å²) in [4.78, 5) is 10.1. The van der Waals surface area contributed by atoms with Gasteiger partial charge < -0.3 is 10.5 Å². The van der Waals surface area contributed by atoms with E-state index in [2.05, 4.69) is 0 Å². The van der Waals surface area contributed by atoms with Crippen LogP contribution >= 0.6 is 0 Å². The first-order chi connectivity index (χ1) is 8.29. The zero-order valence-electron chi connectivity index (χ0n) is 9.27. The van der Waals surface area contributed by atoms with Crippen LogP contribution in [0.15, 0.2) is 18.2 Å². The van der Waals surface area contributed by atoms with Crippen LogP contribution < -0.4 is 10.5 Å². The Morgan fingerprint density at radius 1 is 1.44 bits per heavy atom. The van der Waals surface area contributed by atoms with Crippen LogP contribution in [-0.2, 0) is 10.1 Å². The Morgan fingerprint density at radius 2 is 2.11 bits per heavy atom. The molecule has 0 aromatic heterocycles. The van der Waals surface area contributed by atoms with Gasteiger partial charge in [0.1, 0.15) is 0 Å². The molecule has 0 aliphatic heterocycles. The van der Waals surface area contributed by atoms with Gasteiger partial charge >= 0.3 is 5.69 Å². The summed E-state index contributed by atoms with van der Waals surface area (Å²) in [5.41, 5.74) is 5.34. The third-order valence-electron chi connectivity index (χ3n) is 1.98. The quantitative estimate of drug-likeness (QED) is 0.258. The van der Waals surface area contributed by atoms with Crippen molar-refractivity contribution in [2.24, 2.45) is 0 Å². The largest absolute Gasteiger partial charge is 0.487 e. The molecular weight excluding hydrogens is 264 g/mol. The van der Waals surface area contributed by atoms with Gasteiger partial charge in [-0.1, -0.05) is 0 Å². The number of nitrogens with two attached hydrogens (primary N) is 1. The standard InChI is InChI=1S/C9H12N2O6S/c10-7-2-3-9(8(6-7)11(12)13)17-4-1-5-18(14,15)16/h2-3,6H,1,4-5,10H2,(H,14,15,16). The maximum atomic E-state index is 10.7. The van der Waals surface area contributed by atoms with Gasteiger partial charge in [0.05, 0.1) is 17.3 Å². The minimum absolute atomic E-state index is 0.00420. The van der Waals surface area contributed by atoms with Gasteiger partial charge in [0, 0.05) is 11.8 Å². The van der Waals surface area contributed by atoms with E-state index in [1.165, 1.54) is 12.1 Å². The predicted octanol–water partition coefficient (Wildman–Crippen LogP) is 0.834. The number of nitro benzene ring substituents is 1. The molecule has 18 heavy (non-hydrogen) atoms. The van der Waals surface area contributed by atoms with Crippen LogP contribution in [-0.4, -0.2) is 30.3 Å². The number of ether oxygens (including phenoxy) is 1. The molecule has 3 N–H and O–H groups in total. The Balaban J connectivity index is 2.65. The highest BCUT2D eigenvalue weighted by atomic mass is 32.2. The molecule has 0 radical (unpaired) electrons. The molecule has 9 heteroatoms. The van der Waals surface area contributed by atoms with Crippen LogP contribution in [0, 0.1) is 10.1 Å². The van der Waals surface area contributed by atoms with Crippen LogP contribution in [0.1, 0.15) is 6.42 Å². The molecule has 0 fully saturated rings. The minimum atomic E-state index is -4.05. The average molecular weight is 276 g/mol. The first kappa shape index (κ1) is 14.2. The maximum absolute atomic E-state index is 10.7. The van der Waals surface area contributed by atoms with E-state index in [9.17, 15) is 18.5 Å². The summed E-state index contributed by atoms with van der Waals surface area (Å²) in [6.07, 6.45) is 0.0281. The van der Waals surface area contributed by atoms with E-state index < -0.39 is 20.8 Å². The molecule has 0 aliphatic rings. The van der Waals surface area contributed by atoms with Crippen molar-refractivity contribution < 1.29 is 22.6 Å². The second-order valence-electron chi connectivity index (χ2n) is 3.47. The number of hydrogen-bond acceptors (Lipinski definition) is 6. The average Bonchev–Trinajstić information content (AvgIpc) is 2.24. The maximum Gasteiger partial charge on any atom is 0.312 e. The topological polar surface area (TPSA) is 133 Å². The lowest BCUT2D eigenvalue weighted by Gasteiger charge is -2.06. The predicted molar refractivity (Wildman–Crippen MR) is 64.0 cm³/mol. The van der Waals surface area contributed by atoms with Gasteiger partial charge in [0.25, 0.3) is 10.1 Å². The Labute approximate surface area is 103 Å². The van der Waals surface area contributed by atoms with Gasteiger partial charge in [0.2, 0.25) is 0 Å². The second kappa shape index (κ2) is 5.65. The molecule has 1 aromatic rings. The summed E-state index contributed by atoms with van der Waals surface area (Å²) >= 11 is 0. The van der Waals surface area contributed by atoms with E-state index in [0.717, 1.165) is 6.07 Å². The third kappa shape index (κ3) is 4.55. The Kier molecular flexibility index (Phi) is 4.45. The number of benzene rings is 1. The highest BCUT2D eigenvalue weighted by Crippen LogP contribution is 2.28. The van der Waals surface area contributed by atoms with Gasteiger partial charge in [0.15, 0.2) is 5.75 Å². The van der Waals surface area contributed by atoms with Gasteiger partial charge in [-0.25, -0.2) is 0 Å². The number of anilines is 1. The second-order valence-corrected chi connectivity index (χ2v) is 5.04. The lowest BCUT2D eigenvalue weighted by atomic mass is 10.2. The smallest absolute Gasteiger partial charge is 0.312 e. The molecule has 0 heterocycles. The molecule has 8 nitrogen and oxygen atoms in total. The molecule has 0 spiro atoms. The van der Waals surface area contributed by atoms with Crippen molar-refractivity contribution in [3.8, 4) is 5.75 Å². The highest BCUT2D eigenvalue weighted by Gasteiger charge is 2.15. The first-order valence-electron chi connectivity index (χ1n) is 4.91. The number of hydrogen-bond donors (Lipinski definition) is 2. The number of nitro groups is 1. The van der Waals surface area contributed by atoms with Crippen LogP contribution in [0.5, 0.6) is 5.75 Å². The van der Waals surface area contributed by atoms with Crippen LogP contribution in [0.3, 0.4) is 0 Å². The minimum Gasteiger partial charge on any atom is -0.487 e. The normalized spacial score (nSPS) is 11.2. The highest BCUT2D eigenvalue weighted by molar-refractivity contribution is 7.85. The monoisotopic (exact) mass is 276 g/mol. The van der Waals surface area contributed by atoms with E-state index in [-0.39, 0.29) is 30.2 Å². The summed E-state index contributed by atoms with van der Waals surface area (Å²) in [7, 11) is -4.05. The first-order valence-corrected chi connectivity index (χ1v) is 6.52. The summed E-state index contributed by atoms with van der Waals surface area (Å²) in [6.45, 7) is -0.0649. The fourth-order valence-corrected chi connectivity index (χ4v) is 1.71. The van der Waals surface area contributed by atoms with Gasteiger partial charge in [-0.05, 0) is 18.6 Å². The molecular formula is C9H12N2O6S. The Morgan fingerprint density at radius 3 is 2.67 bits per heavy atom. The summed E-state index contributed by atoms with van der Waals surface area (Å²) in [6, 6.07) is 3.92. The zero-order chi connectivity index (χ0) is 13.8. The molecule has 0 saturated heterocycles. The SMILES string of the molecule is Nc1ccc(OCCCS(=O)(=O)O)c([N+](=O)[O-])c1. The Bertz CT molecular complexity index is 542. The summed E-state index contributed by atoms with van der Waals surface area (Å²) < 4.78 is 34.4. The molecule has 0 unspecified atom stereocenters. The van der Waals surface area contributed by atoms with Crippen molar-refractivity contribution in [1.29, 1.82) is 0 Å². The van der Waals surface area contributed by atoms with E-state index in [4.69, 9.17) is 15.0 Å². The fourth-order valence-electron chi connectivity index (χ4n) is 1.22. The van der Waals surface area contributed by atoms with Crippen molar-refractivity contribution in [3.63, 3.8) is 0 Å². The van der Waals surface area contributed by atoms with Crippen molar-refractivity contribution in [1.82, 2.24) is 0 Å². The Hall–Kier alpha value is -1.87. The molecule has 0 aliphatic carbocycles. The lowest BCUT2D eigenvalue weighted by Crippen LogP contribution is -2.09. The lowest BCUT2D eigenvalue weighted by molar-refractivity contribution is -0.385. The zero-order valence-corrected chi connectivity index (χ0v) is 10.1. The molecule has 0 atom stereocenters. The van der Waals surface area contributed by atoms with Crippen molar-refractivity contribution in [3.05, 3.63) is 28.3 Å². The third-order valence-corrected chi connectivity index (χ3v) is 2.79. The van der Waals surface area contributed by atoms with E-state index in [0.29, 0.717) is 0 Å². The number of nitrogens with zero attached hydrogens (tertiary/aromatic N) is 1. The van der Waals surface area contributed by atoms with Crippen LogP contribution in [0.25, 0.3) is 0 Å². The molecule has 0 bridgehead atoms. The van der Waals surface area contributed by atoms with Crippen molar-refractivity contribution >= 4 is 21.5 Å². The molecule has 1 aromatic carbocycles. The summed E-state index contributed by atoms with van der Waals surface area (Å²) in [5.74, 6) is -0.458. The van der Waals surface area contributed by atoms with Crippen molar-refractivity contribution in [2.45, 2.75) is 6.42 Å². The molecule has 0 amide bonds. The number of nitrogen functional groups attached to an aromatic ring is 1. The van der Waals surface area contributed by atoms with Gasteiger partial charge in [-0.15, -0.1) is 0 Å². The molecule has 0 saturated carbocycles. The van der Waals surface area contributed by atoms with Crippen LogP contribution in [0.2, 0.25) is 0 Å². The van der Waals surface area contributed by atoms with E-state index >= 15 is 0 Å². The molecule has 100 valence electrons. The van der Waals surface area contributed by atoms with Gasteiger partial charge in [-0.3, -0.25) is 14.7 Å². The van der Waals surface area contributed by atoms with Gasteiger partial charge in [-0.2, -0.15) is 8.42 Å². The van der Waals surface area contributed by atoms with Crippen molar-refractivity contribution in [2.75, 3.05) is 18.1 Å². The number of rotatable bonds is 6. The van der Waals surface area contributed by atoms with Crippen LogP contribution in [0.4, 0.5) is 11.4 Å². The fraction of sp³-hybridized carbons (Fsp3) is 0.333. The van der Waals surface area contributed by atoms with E-state index in [1.54, 1.807) is 0 Å².